The summed E-state index contributed by atoms with van der Waals surface area (Å²) >= 11 is 6.92. The zero-order valence-electron chi connectivity index (χ0n) is 13.2. The van der Waals surface area contributed by atoms with Crippen molar-refractivity contribution >= 4 is 35.0 Å². The van der Waals surface area contributed by atoms with Gasteiger partial charge in [-0.25, -0.2) is 4.79 Å². The summed E-state index contributed by atoms with van der Waals surface area (Å²) in [6.45, 7) is 1.89. The van der Waals surface area contributed by atoms with Gasteiger partial charge >= 0.3 is 12.1 Å². The number of rotatable bonds is 5. The summed E-state index contributed by atoms with van der Waals surface area (Å²) in [4.78, 5) is 11.8. The maximum Gasteiger partial charge on any atom is 0.417 e. The number of hydrogen-bond donors (Lipinski definition) is 0. The Morgan fingerprint density at radius 2 is 2.19 bits per heavy atom. The van der Waals surface area contributed by atoms with E-state index >= 15 is 0 Å². The van der Waals surface area contributed by atoms with E-state index in [9.17, 15) is 18.0 Å². The molecule has 0 N–H and O–H groups in total. The molecule has 0 unspecified atom stereocenters. The van der Waals surface area contributed by atoms with Crippen LogP contribution in [0.25, 0.3) is 5.65 Å². The fourth-order valence-corrected chi connectivity index (χ4v) is 3.27. The van der Waals surface area contributed by atoms with E-state index in [1.54, 1.807) is 6.92 Å². The molecule has 138 valence electrons. The molecular formula is C15H11ClF3N3O3S. The minimum absolute atomic E-state index is 0.104. The number of fused-ring (bicyclic) bond motifs is 1. The Bertz CT molecular complexity index is 955. The number of carbonyl (C=O) groups excluding carboxylic acids is 1. The summed E-state index contributed by atoms with van der Waals surface area (Å²) < 4.78 is 50.2. The molecular weight excluding hydrogens is 395 g/mol. The molecule has 0 aliphatic carbocycles. The number of nitrogens with zero attached hydrogens (tertiary/aromatic N) is 3. The summed E-state index contributed by atoms with van der Waals surface area (Å²) in [5, 5.41) is 7.67. The van der Waals surface area contributed by atoms with Crippen LogP contribution in [0.1, 0.15) is 28.6 Å². The second-order valence-corrected chi connectivity index (χ2v) is 6.37. The third-order valence-corrected chi connectivity index (χ3v) is 4.55. The number of furan rings is 1. The first kappa shape index (κ1) is 18.6. The van der Waals surface area contributed by atoms with Crippen molar-refractivity contribution in [2.45, 2.75) is 24.0 Å². The van der Waals surface area contributed by atoms with Gasteiger partial charge in [0.1, 0.15) is 11.3 Å². The van der Waals surface area contributed by atoms with Crippen LogP contribution in [0.3, 0.4) is 0 Å². The summed E-state index contributed by atoms with van der Waals surface area (Å²) in [5.41, 5.74) is -0.559. The van der Waals surface area contributed by atoms with Gasteiger partial charge in [-0.2, -0.15) is 13.2 Å². The van der Waals surface area contributed by atoms with Gasteiger partial charge in [0.25, 0.3) is 0 Å². The fourth-order valence-electron chi connectivity index (χ4n) is 2.16. The van der Waals surface area contributed by atoms with Crippen LogP contribution in [0.4, 0.5) is 13.2 Å². The van der Waals surface area contributed by atoms with Crippen LogP contribution >= 0.6 is 23.4 Å². The highest BCUT2D eigenvalue weighted by atomic mass is 35.5. The molecule has 0 spiro atoms. The SMILES string of the molecule is CCOC(=O)c1ccoc1CSc1nnc2c(Cl)cc(C(F)(F)F)cn12. The fraction of sp³-hybridized carbons (Fsp3) is 0.267. The van der Waals surface area contributed by atoms with Gasteiger partial charge in [0.2, 0.25) is 0 Å². The van der Waals surface area contributed by atoms with Crippen LogP contribution in [0.2, 0.25) is 5.02 Å². The lowest BCUT2D eigenvalue weighted by Gasteiger charge is -2.08. The Balaban J connectivity index is 1.88. The number of ether oxygens (including phenoxy) is 1. The van der Waals surface area contributed by atoms with Crippen molar-refractivity contribution < 1.29 is 27.1 Å². The molecule has 3 aromatic rings. The van der Waals surface area contributed by atoms with Crippen LogP contribution in [0.5, 0.6) is 0 Å². The van der Waals surface area contributed by atoms with E-state index in [-0.39, 0.29) is 33.7 Å². The largest absolute Gasteiger partial charge is 0.468 e. The third-order valence-electron chi connectivity index (χ3n) is 3.33. The lowest BCUT2D eigenvalue weighted by atomic mass is 10.3. The van der Waals surface area contributed by atoms with E-state index in [1.165, 1.54) is 12.3 Å². The Labute approximate surface area is 154 Å². The number of halogens is 4. The van der Waals surface area contributed by atoms with E-state index < -0.39 is 17.7 Å². The van der Waals surface area contributed by atoms with Gasteiger partial charge in [-0.3, -0.25) is 4.40 Å². The highest BCUT2D eigenvalue weighted by molar-refractivity contribution is 7.98. The van der Waals surface area contributed by atoms with E-state index in [0.717, 1.165) is 28.4 Å². The number of thioether (sulfide) groups is 1. The van der Waals surface area contributed by atoms with E-state index in [0.29, 0.717) is 5.76 Å². The van der Waals surface area contributed by atoms with Crippen molar-refractivity contribution in [3.8, 4) is 0 Å². The topological polar surface area (TPSA) is 69.6 Å². The highest BCUT2D eigenvalue weighted by Crippen LogP contribution is 2.34. The molecule has 0 fully saturated rings. The predicted octanol–water partition coefficient (Wildman–Crippen LogP) is 4.46. The molecule has 3 rings (SSSR count). The number of alkyl halides is 3. The molecule has 0 aliphatic heterocycles. The minimum Gasteiger partial charge on any atom is -0.468 e. The van der Waals surface area contributed by atoms with Gasteiger partial charge in [-0.1, -0.05) is 23.4 Å². The van der Waals surface area contributed by atoms with Crippen molar-refractivity contribution in [2.24, 2.45) is 0 Å². The molecule has 3 heterocycles. The quantitative estimate of drug-likeness (QED) is 0.461. The van der Waals surface area contributed by atoms with Gasteiger partial charge in [-0.05, 0) is 19.1 Å². The van der Waals surface area contributed by atoms with Crippen molar-refractivity contribution in [3.05, 3.63) is 46.5 Å². The summed E-state index contributed by atoms with van der Waals surface area (Å²) in [6, 6.07) is 2.26. The monoisotopic (exact) mass is 405 g/mol. The lowest BCUT2D eigenvalue weighted by Crippen LogP contribution is -2.07. The molecule has 0 saturated heterocycles. The average molecular weight is 406 g/mol. The smallest absolute Gasteiger partial charge is 0.417 e. The van der Waals surface area contributed by atoms with Crippen LogP contribution in [0.15, 0.2) is 34.2 Å². The maximum atomic E-state index is 13.0. The second kappa shape index (κ2) is 7.20. The Kier molecular flexibility index (Phi) is 5.15. The molecule has 0 saturated carbocycles. The molecule has 0 bridgehead atoms. The third kappa shape index (κ3) is 3.65. The molecule has 0 atom stereocenters. The molecule has 11 heteroatoms. The summed E-state index contributed by atoms with van der Waals surface area (Å²) in [7, 11) is 0. The zero-order chi connectivity index (χ0) is 18.9. The molecule has 26 heavy (non-hydrogen) atoms. The number of carbonyl (C=O) groups is 1. The molecule has 0 aromatic carbocycles. The summed E-state index contributed by atoms with van der Waals surface area (Å²) in [6.07, 6.45) is -2.34. The van der Waals surface area contributed by atoms with Gasteiger partial charge in [0.15, 0.2) is 10.8 Å². The van der Waals surface area contributed by atoms with E-state index in [1.807, 2.05) is 0 Å². The average Bonchev–Trinajstić information content (AvgIpc) is 3.19. The van der Waals surface area contributed by atoms with Crippen LogP contribution in [-0.4, -0.2) is 27.2 Å². The van der Waals surface area contributed by atoms with E-state index in [2.05, 4.69) is 10.2 Å². The van der Waals surface area contributed by atoms with Crippen molar-refractivity contribution in [3.63, 3.8) is 0 Å². The Morgan fingerprint density at radius 1 is 1.42 bits per heavy atom. The van der Waals surface area contributed by atoms with Crippen molar-refractivity contribution in [1.82, 2.24) is 14.6 Å². The van der Waals surface area contributed by atoms with Gasteiger partial charge in [0, 0.05) is 6.20 Å². The molecule has 0 aliphatic rings. The van der Waals surface area contributed by atoms with Gasteiger partial charge in [-0.15, -0.1) is 10.2 Å². The number of hydrogen-bond acceptors (Lipinski definition) is 6. The molecule has 0 radical (unpaired) electrons. The lowest BCUT2D eigenvalue weighted by molar-refractivity contribution is -0.137. The second-order valence-electron chi connectivity index (χ2n) is 5.02. The standard InChI is InChI=1S/C15H11ClF3N3O3S/c1-2-24-13(23)9-3-4-25-11(9)7-26-14-21-20-12-10(16)5-8(6-22(12)14)15(17,18)19/h3-6H,2,7H2,1H3. The highest BCUT2D eigenvalue weighted by Gasteiger charge is 2.32. The Morgan fingerprint density at radius 3 is 2.88 bits per heavy atom. The normalized spacial score (nSPS) is 11.9. The first-order chi connectivity index (χ1) is 12.3. The van der Waals surface area contributed by atoms with Crippen molar-refractivity contribution in [2.75, 3.05) is 6.61 Å². The van der Waals surface area contributed by atoms with E-state index in [4.69, 9.17) is 20.8 Å². The molecule has 3 aromatic heterocycles. The molecule has 6 nitrogen and oxygen atoms in total. The number of pyridine rings is 1. The van der Waals surface area contributed by atoms with Crippen LogP contribution in [0, 0.1) is 0 Å². The number of aromatic nitrogens is 3. The van der Waals surface area contributed by atoms with Gasteiger partial charge in [0.05, 0.1) is 29.2 Å². The van der Waals surface area contributed by atoms with Gasteiger partial charge < -0.3 is 9.15 Å². The number of esters is 1. The maximum absolute atomic E-state index is 13.0. The Hall–Kier alpha value is -2.20. The predicted molar refractivity (Wildman–Crippen MR) is 87.2 cm³/mol. The summed E-state index contributed by atoms with van der Waals surface area (Å²) in [5.74, 6) is -0.0656. The first-order valence-corrected chi connectivity index (χ1v) is 8.65. The van der Waals surface area contributed by atoms with Crippen molar-refractivity contribution in [1.29, 1.82) is 0 Å². The molecule has 0 amide bonds. The zero-order valence-corrected chi connectivity index (χ0v) is 14.8. The first-order valence-electron chi connectivity index (χ1n) is 7.29. The van der Waals surface area contributed by atoms with Crippen LogP contribution < -0.4 is 0 Å². The van der Waals surface area contributed by atoms with Crippen LogP contribution in [-0.2, 0) is 16.7 Å². The minimum atomic E-state index is -4.55.